The summed E-state index contributed by atoms with van der Waals surface area (Å²) in [6.07, 6.45) is 4.77. The largest absolute Gasteiger partial charge is 0.366 e. The molecule has 0 aliphatic rings. The third-order valence-electron chi connectivity index (χ3n) is 3.37. The fourth-order valence-corrected chi connectivity index (χ4v) is 2.35. The Morgan fingerprint density at radius 2 is 1.73 bits per heavy atom. The molecule has 2 aromatic rings. The zero-order valence-electron chi connectivity index (χ0n) is 13.0. The fraction of sp³-hybridized carbons (Fsp3) is 0.294. The normalized spacial score (nSPS) is 11.2. The summed E-state index contributed by atoms with van der Waals surface area (Å²) in [6.45, 7) is 5.96. The molecule has 0 bridgehead atoms. The Kier molecular flexibility index (Phi) is 4.35. The van der Waals surface area contributed by atoms with E-state index in [1.807, 2.05) is 20.8 Å². The Balaban J connectivity index is 2.49. The van der Waals surface area contributed by atoms with Crippen LogP contribution < -0.4 is 5.73 Å². The van der Waals surface area contributed by atoms with E-state index in [0.29, 0.717) is 22.4 Å². The van der Waals surface area contributed by atoms with Crippen molar-refractivity contribution < 1.29 is 9.59 Å². The van der Waals surface area contributed by atoms with Gasteiger partial charge in [-0.25, -0.2) is 0 Å². The van der Waals surface area contributed by atoms with E-state index >= 15 is 0 Å². The van der Waals surface area contributed by atoms with Crippen LogP contribution in [-0.4, -0.2) is 21.7 Å². The van der Waals surface area contributed by atoms with E-state index in [0.717, 1.165) is 0 Å². The van der Waals surface area contributed by atoms with Gasteiger partial charge in [-0.1, -0.05) is 20.8 Å². The molecule has 0 fully saturated rings. The van der Waals surface area contributed by atoms with Gasteiger partial charge in [0.2, 0.25) is 5.91 Å². The minimum atomic E-state index is -0.551. The molecular formula is C17H19N3O2. The van der Waals surface area contributed by atoms with Crippen LogP contribution in [0.25, 0.3) is 0 Å². The first-order chi connectivity index (χ1) is 10.3. The quantitative estimate of drug-likeness (QED) is 0.877. The Bertz CT molecular complexity index is 704. The fourth-order valence-electron chi connectivity index (χ4n) is 2.35. The van der Waals surface area contributed by atoms with Crippen molar-refractivity contribution in [3.63, 3.8) is 0 Å². The Labute approximate surface area is 129 Å². The van der Waals surface area contributed by atoms with Crippen molar-refractivity contribution in [1.82, 2.24) is 9.97 Å². The standard InChI is InChI=1S/C17H19N3O2/c1-17(2,3)15-13(12(16(18)22)6-9-20-15)10-14(21)11-4-7-19-8-5-11/h4-9H,10H2,1-3H3,(H2,18,22). The smallest absolute Gasteiger partial charge is 0.249 e. The number of carbonyl (C=O) groups is 2. The van der Waals surface area contributed by atoms with E-state index in [-0.39, 0.29) is 17.6 Å². The Hall–Kier alpha value is -2.56. The summed E-state index contributed by atoms with van der Waals surface area (Å²) in [5, 5.41) is 0. The van der Waals surface area contributed by atoms with E-state index in [9.17, 15) is 9.59 Å². The number of aromatic nitrogens is 2. The summed E-state index contributed by atoms with van der Waals surface area (Å²) in [5.41, 5.74) is 7.38. The minimum Gasteiger partial charge on any atom is -0.366 e. The molecule has 0 unspecified atom stereocenters. The maximum atomic E-state index is 12.5. The van der Waals surface area contributed by atoms with Gasteiger partial charge in [0.15, 0.2) is 5.78 Å². The predicted molar refractivity (Wildman–Crippen MR) is 83.7 cm³/mol. The van der Waals surface area contributed by atoms with Crippen LogP contribution in [0.3, 0.4) is 0 Å². The first-order valence-corrected chi connectivity index (χ1v) is 7.02. The van der Waals surface area contributed by atoms with E-state index < -0.39 is 5.91 Å². The molecule has 114 valence electrons. The SMILES string of the molecule is CC(C)(C)c1nccc(C(N)=O)c1CC(=O)c1ccncc1. The molecule has 5 heteroatoms. The Morgan fingerprint density at radius 3 is 2.27 bits per heavy atom. The highest BCUT2D eigenvalue weighted by Crippen LogP contribution is 2.27. The second-order valence-corrected chi connectivity index (χ2v) is 6.14. The average molecular weight is 297 g/mol. The molecule has 0 aliphatic heterocycles. The number of amides is 1. The second kappa shape index (κ2) is 6.05. The van der Waals surface area contributed by atoms with Crippen molar-refractivity contribution in [2.75, 3.05) is 0 Å². The lowest BCUT2D eigenvalue weighted by molar-refractivity contribution is 0.0990. The number of rotatable bonds is 4. The number of pyridine rings is 2. The van der Waals surface area contributed by atoms with Crippen molar-refractivity contribution in [3.8, 4) is 0 Å². The molecule has 2 heterocycles. The molecule has 0 aromatic carbocycles. The molecule has 2 N–H and O–H groups in total. The van der Waals surface area contributed by atoms with Gasteiger partial charge < -0.3 is 5.73 Å². The molecule has 0 atom stereocenters. The van der Waals surface area contributed by atoms with Gasteiger partial charge in [-0.15, -0.1) is 0 Å². The van der Waals surface area contributed by atoms with E-state index in [4.69, 9.17) is 5.73 Å². The molecule has 5 nitrogen and oxygen atoms in total. The summed E-state index contributed by atoms with van der Waals surface area (Å²) in [7, 11) is 0. The number of nitrogens with zero attached hydrogens (tertiary/aromatic N) is 2. The molecule has 2 rings (SSSR count). The van der Waals surface area contributed by atoms with Crippen LogP contribution in [0.1, 0.15) is 52.7 Å². The highest BCUT2D eigenvalue weighted by molar-refractivity contribution is 6.01. The van der Waals surface area contributed by atoms with Gasteiger partial charge in [0.05, 0.1) is 5.69 Å². The summed E-state index contributed by atoms with van der Waals surface area (Å²) < 4.78 is 0. The van der Waals surface area contributed by atoms with E-state index in [2.05, 4.69) is 9.97 Å². The molecule has 0 saturated carbocycles. The Morgan fingerprint density at radius 1 is 1.09 bits per heavy atom. The van der Waals surface area contributed by atoms with Crippen LogP contribution >= 0.6 is 0 Å². The first kappa shape index (κ1) is 15.8. The lowest BCUT2D eigenvalue weighted by Gasteiger charge is -2.22. The van der Waals surface area contributed by atoms with Crippen LogP contribution in [0, 0.1) is 0 Å². The summed E-state index contributed by atoms with van der Waals surface area (Å²) in [5.74, 6) is -0.645. The number of hydrogen-bond acceptors (Lipinski definition) is 4. The first-order valence-electron chi connectivity index (χ1n) is 7.02. The third-order valence-corrected chi connectivity index (χ3v) is 3.37. The number of primary amides is 1. The van der Waals surface area contributed by atoms with E-state index in [1.165, 1.54) is 0 Å². The molecule has 1 amide bonds. The average Bonchev–Trinajstić information content (AvgIpc) is 2.47. The third kappa shape index (κ3) is 3.36. The van der Waals surface area contributed by atoms with Gasteiger partial charge in [0.25, 0.3) is 0 Å². The number of Topliss-reactive ketones (excluding diaryl/α,β-unsaturated/α-hetero) is 1. The maximum Gasteiger partial charge on any atom is 0.249 e. The molecule has 0 spiro atoms. The van der Waals surface area contributed by atoms with Gasteiger partial charge in [0.1, 0.15) is 0 Å². The van der Waals surface area contributed by atoms with Crippen LogP contribution in [-0.2, 0) is 11.8 Å². The molecule has 0 aliphatic carbocycles. The zero-order valence-corrected chi connectivity index (χ0v) is 13.0. The van der Waals surface area contributed by atoms with Crippen molar-refractivity contribution in [2.45, 2.75) is 32.6 Å². The summed E-state index contributed by atoms with van der Waals surface area (Å²) in [4.78, 5) is 32.4. The second-order valence-electron chi connectivity index (χ2n) is 6.14. The van der Waals surface area contributed by atoms with Crippen molar-refractivity contribution in [1.29, 1.82) is 0 Å². The highest BCUT2D eigenvalue weighted by atomic mass is 16.1. The molecule has 0 radical (unpaired) electrons. The predicted octanol–water partition coefficient (Wildman–Crippen LogP) is 2.30. The van der Waals surface area contributed by atoms with Crippen molar-refractivity contribution in [3.05, 3.63) is 59.2 Å². The number of nitrogens with two attached hydrogens (primary N) is 1. The molecule has 2 aromatic heterocycles. The van der Waals surface area contributed by atoms with Crippen LogP contribution in [0.5, 0.6) is 0 Å². The van der Waals surface area contributed by atoms with Gasteiger partial charge in [0, 0.05) is 41.6 Å². The number of ketones is 1. The topological polar surface area (TPSA) is 85.9 Å². The zero-order chi connectivity index (χ0) is 16.3. The van der Waals surface area contributed by atoms with Gasteiger partial charge >= 0.3 is 0 Å². The molecule has 0 saturated heterocycles. The number of carbonyl (C=O) groups excluding carboxylic acids is 2. The van der Waals surface area contributed by atoms with Gasteiger partial charge in [-0.05, 0) is 23.8 Å². The van der Waals surface area contributed by atoms with Crippen molar-refractivity contribution >= 4 is 11.7 Å². The summed E-state index contributed by atoms with van der Waals surface area (Å²) >= 11 is 0. The number of hydrogen-bond donors (Lipinski definition) is 1. The lowest BCUT2D eigenvalue weighted by atomic mass is 9.84. The van der Waals surface area contributed by atoms with Gasteiger partial charge in [-0.3, -0.25) is 19.6 Å². The molecule has 22 heavy (non-hydrogen) atoms. The minimum absolute atomic E-state index is 0.0860. The van der Waals surface area contributed by atoms with Crippen molar-refractivity contribution in [2.24, 2.45) is 5.73 Å². The monoisotopic (exact) mass is 297 g/mol. The highest BCUT2D eigenvalue weighted by Gasteiger charge is 2.25. The summed E-state index contributed by atoms with van der Waals surface area (Å²) in [6, 6.07) is 4.87. The van der Waals surface area contributed by atoms with Gasteiger partial charge in [-0.2, -0.15) is 0 Å². The van der Waals surface area contributed by atoms with Crippen LogP contribution in [0.15, 0.2) is 36.8 Å². The van der Waals surface area contributed by atoms with Crippen LogP contribution in [0.2, 0.25) is 0 Å². The van der Waals surface area contributed by atoms with E-state index in [1.54, 1.807) is 36.8 Å². The lowest BCUT2D eigenvalue weighted by Crippen LogP contribution is -2.23. The van der Waals surface area contributed by atoms with Crippen LogP contribution in [0.4, 0.5) is 0 Å². The maximum absolute atomic E-state index is 12.5. The molecular weight excluding hydrogens is 278 g/mol.